The molecule has 1 aliphatic heterocycles. The lowest BCUT2D eigenvalue weighted by Gasteiger charge is -2.18. The minimum absolute atomic E-state index is 0.111. The molecule has 5 aromatic rings. The molecule has 0 fully saturated rings. The van der Waals surface area contributed by atoms with Crippen LogP contribution in [0.3, 0.4) is 0 Å². The molecule has 6 rings (SSSR count). The number of amides is 1. The summed E-state index contributed by atoms with van der Waals surface area (Å²) < 4.78 is 7.58. The number of nitrogens with two attached hydrogens (primary N) is 1. The van der Waals surface area contributed by atoms with Crippen LogP contribution < -0.4 is 26.7 Å². The predicted molar refractivity (Wildman–Crippen MR) is 146 cm³/mol. The molecule has 5 heterocycles. The highest BCUT2D eigenvalue weighted by molar-refractivity contribution is 7.19. The van der Waals surface area contributed by atoms with Crippen LogP contribution in [0.15, 0.2) is 71.4 Å². The summed E-state index contributed by atoms with van der Waals surface area (Å²) in [7, 11) is 0. The molecular weight excluding hydrogens is 510 g/mol. The van der Waals surface area contributed by atoms with Gasteiger partial charge < -0.3 is 21.1 Å². The summed E-state index contributed by atoms with van der Waals surface area (Å²) in [4.78, 5) is 37.9. The third-order valence-corrected chi connectivity index (χ3v) is 7.27. The van der Waals surface area contributed by atoms with Crippen molar-refractivity contribution < 1.29 is 9.53 Å². The number of hydrogen-bond acceptors (Lipinski definition) is 10. The molecule has 4 N–H and O–H groups in total. The first-order chi connectivity index (χ1) is 18.1. The van der Waals surface area contributed by atoms with Crippen LogP contribution in [0.4, 0.5) is 11.5 Å². The Bertz CT molecular complexity index is 1570. The van der Waals surface area contributed by atoms with Crippen LogP contribution in [0.25, 0.3) is 20.7 Å². The number of thiazole rings is 1. The molecule has 0 aliphatic carbocycles. The smallest absolute Gasteiger partial charge is 0.281 e. The maximum absolute atomic E-state index is 12.4. The Labute approximate surface area is 219 Å². The lowest BCUT2D eigenvalue weighted by atomic mass is 10.2. The van der Waals surface area contributed by atoms with Gasteiger partial charge in [0.05, 0.1) is 6.54 Å². The Morgan fingerprint density at radius 3 is 2.86 bits per heavy atom. The van der Waals surface area contributed by atoms with Gasteiger partial charge in [0.2, 0.25) is 11.8 Å². The van der Waals surface area contributed by atoms with Crippen molar-refractivity contribution in [3.8, 4) is 16.5 Å². The van der Waals surface area contributed by atoms with Crippen molar-refractivity contribution in [2.24, 2.45) is 0 Å². The highest BCUT2D eigenvalue weighted by Gasteiger charge is 2.17. The van der Waals surface area contributed by atoms with Crippen LogP contribution in [0, 0.1) is 0 Å². The molecule has 0 radical (unpaired) electrons. The lowest BCUT2D eigenvalue weighted by Crippen LogP contribution is -2.35. The molecule has 4 aromatic heterocycles. The number of nitrogens with zero attached hydrogens (tertiary/aromatic N) is 4. The van der Waals surface area contributed by atoms with E-state index in [1.807, 2.05) is 35.8 Å². The summed E-state index contributed by atoms with van der Waals surface area (Å²) in [6, 6.07) is 14.0. The molecule has 0 bridgehead atoms. The Morgan fingerprint density at radius 1 is 1.19 bits per heavy atom. The molecule has 0 saturated heterocycles. The summed E-state index contributed by atoms with van der Waals surface area (Å²) in [5.74, 6) is 0.462. The molecule has 188 valence electrons. The molecular formula is C25H23N7O3S2. The summed E-state index contributed by atoms with van der Waals surface area (Å²) >= 11 is 3.20. The summed E-state index contributed by atoms with van der Waals surface area (Å²) in [5, 5.41) is 9.82. The van der Waals surface area contributed by atoms with Gasteiger partial charge in [-0.15, -0.1) is 22.7 Å². The quantitative estimate of drug-likeness (QED) is 0.313. The Kier molecular flexibility index (Phi) is 7.38. The monoisotopic (exact) mass is 533 g/mol. The van der Waals surface area contributed by atoms with Gasteiger partial charge >= 0.3 is 0 Å². The van der Waals surface area contributed by atoms with E-state index < -0.39 is 0 Å². The van der Waals surface area contributed by atoms with Gasteiger partial charge in [0.15, 0.2) is 5.69 Å². The minimum atomic E-state index is -0.326. The van der Waals surface area contributed by atoms with Crippen molar-refractivity contribution >= 4 is 50.2 Å². The van der Waals surface area contributed by atoms with Crippen molar-refractivity contribution in [3.63, 3.8) is 0 Å². The third kappa shape index (κ3) is 5.93. The van der Waals surface area contributed by atoms with Crippen molar-refractivity contribution in [1.29, 1.82) is 0 Å². The van der Waals surface area contributed by atoms with Gasteiger partial charge in [-0.2, -0.15) is 0 Å². The Hall–Kier alpha value is -4.29. The summed E-state index contributed by atoms with van der Waals surface area (Å²) in [5.41, 5.74) is 6.84. The molecule has 37 heavy (non-hydrogen) atoms. The number of aromatic nitrogens is 4. The number of carbonyl (C=O) groups excluding carboxylic acids is 1. The highest BCUT2D eigenvalue weighted by atomic mass is 32.1. The fourth-order valence-corrected chi connectivity index (χ4v) is 5.27. The molecule has 1 aromatic carbocycles. The topological polar surface area (TPSA) is 137 Å². The number of nitrogen functional groups attached to an aromatic ring is 1. The number of pyridine rings is 1. The number of carbonyl (C=O) groups is 1. The van der Waals surface area contributed by atoms with E-state index in [2.05, 4.69) is 37.7 Å². The zero-order valence-corrected chi connectivity index (χ0v) is 21.2. The molecule has 12 heteroatoms. The summed E-state index contributed by atoms with van der Waals surface area (Å²) in [6.07, 6.45) is 4.86. The van der Waals surface area contributed by atoms with E-state index in [0.29, 0.717) is 31.2 Å². The number of fused-ring (bicyclic) bond motifs is 2. The second kappa shape index (κ2) is 11.2. The molecule has 0 atom stereocenters. The first-order valence-electron chi connectivity index (χ1n) is 11.4. The lowest BCUT2D eigenvalue weighted by molar-refractivity contribution is -0.121. The molecule has 0 saturated carbocycles. The fraction of sp³-hybridized carbons (Fsp3) is 0.160. The average Bonchev–Trinajstić information content (AvgIpc) is 3.60. The third-order valence-electron chi connectivity index (χ3n) is 5.35. The minimum Gasteiger partial charge on any atom is -0.474 e. The molecule has 1 aliphatic rings. The van der Waals surface area contributed by atoms with Crippen LogP contribution in [0.2, 0.25) is 0 Å². The molecule has 10 nitrogen and oxygen atoms in total. The zero-order valence-electron chi connectivity index (χ0n) is 19.6. The van der Waals surface area contributed by atoms with Gasteiger partial charge in [-0.25, -0.2) is 15.0 Å². The van der Waals surface area contributed by atoms with E-state index in [0.717, 1.165) is 20.0 Å². The number of rotatable bonds is 5. The second-order valence-corrected chi connectivity index (χ2v) is 10.0. The van der Waals surface area contributed by atoms with Crippen LogP contribution >= 0.6 is 22.7 Å². The molecule has 0 unspecified atom stereocenters. The van der Waals surface area contributed by atoms with E-state index in [1.54, 1.807) is 23.6 Å². The van der Waals surface area contributed by atoms with Crippen molar-refractivity contribution in [3.05, 3.63) is 81.8 Å². The van der Waals surface area contributed by atoms with Gasteiger partial charge in [0.1, 0.15) is 30.3 Å². The Balaban J connectivity index is 0.000000212. The Morgan fingerprint density at radius 2 is 2.05 bits per heavy atom. The van der Waals surface area contributed by atoms with E-state index in [1.165, 1.54) is 27.8 Å². The number of benzene rings is 1. The summed E-state index contributed by atoms with van der Waals surface area (Å²) in [6.45, 7) is 1.25. The van der Waals surface area contributed by atoms with Gasteiger partial charge in [-0.1, -0.05) is 30.3 Å². The largest absolute Gasteiger partial charge is 0.474 e. The predicted octanol–water partition coefficient (Wildman–Crippen LogP) is 3.37. The standard InChI is InChI=1S/C16H16N6O3S.C9H7NS/c17-12-4-11-9(5-19-12)3-10(26-11)6-20-13(23)7-22-8-21-15-14(16(22)24)18-1-2-25-15;1-2-4-8(5-3-1)9-10-6-7-11-9/h3-5,8,18H,1-2,6-7H2,(H2,17,19)(H,20,23);1-7H. The molecule has 0 spiro atoms. The van der Waals surface area contributed by atoms with Crippen LogP contribution in [0.5, 0.6) is 5.88 Å². The van der Waals surface area contributed by atoms with Gasteiger partial charge in [-0.3, -0.25) is 14.2 Å². The van der Waals surface area contributed by atoms with Crippen molar-refractivity contribution in [1.82, 2.24) is 24.8 Å². The van der Waals surface area contributed by atoms with E-state index in [4.69, 9.17) is 10.5 Å². The van der Waals surface area contributed by atoms with E-state index in [-0.39, 0.29) is 23.9 Å². The second-order valence-electron chi connectivity index (χ2n) is 7.97. The van der Waals surface area contributed by atoms with Gasteiger partial charge in [0.25, 0.3) is 5.56 Å². The fourth-order valence-electron chi connectivity index (χ4n) is 3.60. The maximum atomic E-state index is 12.4. The van der Waals surface area contributed by atoms with Crippen LogP contribution in [-0.4, -0.2) is 38.6 Å². The normalized spacial score (nSPS) is 12.0. The van der Waals surface area contributed by atoms with Gasteiger partial charge in [0, 0.05) is 44.8 Å². The van der Waals surface area contributed by atoms with E-state index >= 15 is 0 Å². The van der Waals surface area contributed by atoms with Gasteiger partial charge in [-0.05, 0) is 12.1 Å². The van der Waals surface area contributed by atoms with Crippen molar-refractivity contribution in [2.45, 2.75) is 13.1 Å². The zero-order chi connectivity index (χ0) is 25.6. The average molecular weight is 534 g/mol. The first-order valence-corrected chi connectivity index (χ1v) is 13.1. The number of ether oxygens (including phenoxy) is 1. The number of anilines is 2. The first kappa shape index (κ1) is 24.4. The van der Waals surface area contributed by atoms with E-state index in [9.17, 15) is 9.59 Å². The highest BCUT2D eigenvalue weighted by Crippen LogP contribution is 2.26. The van der Waals surface area contributed by atoms with Crippen LogP contribution in [0.1, 0.15) is 4.88 Å². The maximum Gasteiger partial charge on any atom is 0.281 e. The van der Waals surface area contributed by atoms with Crippen LogP contribution in [-0.2, 0) is 17.9 Å². The molecule has 1 amide bonds. The SMILES string of the molecule is Nc1cc2sc(CNC(=O)Cn3cnc4c(c3=O)NCCO4)cc2cn1.c1ccc(-c2nccs2)cc1. The number of nitrogens with one attached hydrogen (secondary N) is 2. The number of thiophene rings is 1. The number of hydrogen-bond donors (Lipinski definition) is 3. The van der Waals surface area contributed by atoms with Crippen molar-refractivity contribution in [2.75, 3.05) is 24.2 Å².